The summed E-state index contributed by atoms with van der Waals surface area (Å²) >= 11 is 0. The quantitative estimate of drug-likeness (QED) is 0.282. The van der Waals surface area contributed by atoms with E-state index in [1.807, 2.05) is 0 Å². The maximum Gasteiger partial charge on any atom is 0.306 e. The molecule has 6 nitrogen and oxygen atoms in total. The Bertz CT molecular complexity index is 385. The number of carbonyl (C=O) groups is 2. The van der Waals surface area contributed by atoms with Crippen molar-refractivity contribution in [3.8, 4) is 0 Å². The zero-order valence-corrected chi connectivity index (χ0v) is 18.3. The second-order valence-electron chi connectivity index (χ2n) is 9.21. The van der Waals surface area contributed by atoms with Gasteiger partial charge in [-0.15, -0.1) is 0 Å². The second kappa shape index (κ2) is 11.5. The van der Waals surface area contributed by atoms with E-state index < -0.39 is 0 Å². The molecule has 0 aliphatic rings. The molecule has 0 aliphatic heterocycles. The van der Waals surface area contributed by atoms with E-state index in [9.17, 15) is 9.59 Å². The van der Waals surface area contributed by atoms with Crippen LogP contribution in [-0.4, -0.2) is 88.5 Å². The maximum atomic E-state index is 11.7. The molecule has 0 radical (unpaired) electrons. The van der Waals surface area contributed by atoms with Crippen molar-refractivity contribution in [2.24, 2.45) is 0 Å². The molecule has 0 saturated carbocycles. The Morgan fingerprint density at radius 3 is 1.23 bits per heavy atom. The third kappa shape index (κ3) is 12.3. The topological polar surface area (TPSA) is 52.6 Å². The highest BCUT2D eigenvalue weighted by atomic mass is 16.5. The van der Waals surface area contributed by atoms with Gasteiger partial charge in [0.15, 0.2) is 0 Å². The average molecular weight is 375 g/mol. The Kier molecular flexibility index (Phi) is 11.0. The first-order valence-electron chi connectivity index (χ1n) is 9.77. The number of hydrogen-bond donors (Lipinski definition) is 0. The van der Waals surface area contributed by atoms with E-state index in [-0.39, 0.29) is 24.0 Å². The molecule has 2 atom stereocenters. The minimum absolute atomic E-state index is 0.126. The zero-order chi connectivity index (χ0) is 20.4. The summed E-state index contributed by atoms with van der Waals surface area (Å²) in [5.74, 6) is -0.252. The molecule has 154 valence electrons. The molecule has 0 aromatic heterocycles. The summed E-state index contributed by atoms with van der Waals surface area (Å²) in [7, 11) is 12.5. The van der Waals surface area contributed by atoms with Crippen molar-refractivity contribution in [2.45, 2.75) is 64.5 Å². The summed E-state index contributed by atoms with van der Waals surface area (Å²) in [6, 6.07) is 0.564. The molecule has 0 aromatic rings. The third-order valence-corrected chi connectivity index (χ3v) is 5.13. The predicted octanol–water partition coefficient (Wildman–Crippen LogP) is 2.60. The lowest BCUT2D eigenvalue weighted by molar-refractivity contribution is -0.894. The lowest BCUT2D eigenvalue weighted by Gasteiger charge is -2.31. The minimum Gasteiger partial charge on any atom is -0.459 e. The van der Waals surface area contributed by atoms with Crippen LogP contribution >= 0.6 is 0 Å². The Balaban J connectivity index is 3.66. The van der Waals surface area contributed by atoms with E-state index >= 15 is 0 Å². The van der Waals surface area contributed by atoms with Crippen LogP contribution in [0.4, 0.5) is 0 Å². The normalized spacial score (nSPS) is 14.6. The monoisotopic (exact) mass is 374 g/mol. The van der Waals surface area contributed by atoms with Gasteiger partial charge in [0.25, 0.3) is 0 Å². The molecule has 2 unspecified atom stereocenters. The van der Waals surface area contributed by atoms with E-state index in [0.717, 1.165) is 34.6 Å². The molecule has 0 N–H and O–H groups in total. The number of unbranched alkanes of at least 4 members (excludes halogenated alkanes) is 3. The predicted molar refractivity (Wildman–Crippen MR) is 105 cm³/mol. The first-order valence-corrected chi connectivity index (χ1v) is 9.77. The smallest absolute Gasteiger partial charge is 0.306 e. The zero-order valence-electron chi connectivity index (χ0n) is 18.3. The van der Waals surface area contributed by atoms with Gasteiger partial charge in [-0.25, -0.2) is 0 Å². The summed E-state index contributed by atoms with van der Waals surface area (Å²) in [6.07, 6.45) is 4.39. The molecule has 0 amide bonds. The van der Waals surface area contributed by atoms with E-state index in [4.69, 9.17) is 9.47 Å². The second-order valence-corrected chi connectivity index (χ2v) is 9.21. The van der Waals surface area contributed by atoms with Crippen LogP contribution in [0.15, 0.2) is 0 Å². The Labute approximate surface area is 160 Å². The fourth-order valence-corrected chi connectivity index (χ4v) is 1.91. The maximum absolute atomic E-state index is 11.7. The van der Waals surface area contributed by atoms with Gasteiger partial charge in [-0.2, -0.15) is 0 Å². The van der Waals surface area contributed by atoms with Gasteiger partial charge in [0.2, 0.25) is 0 Å². The van der Waals surface area contributed by atoms with Gasteiger partial charge in [-0.3, -0.25) is 9.59 Å². The summed E-state index contributed by atoms with van der Waals surface area (Å²) in [5, 5.41) is 0. The number of quaternary nitrogens is 2. The molecular formula is C20H42N2O4+2. The van der Waals surface area contributed by atoms with Gasteiger partial charge < -0.3 is 18.4 Å². The van der Waals surface area contributed by atoms with Crippen molar-refractivity contribution in [1.29, 1.82) is 0 Å². The van der Waals surface area contributed by atoms with E-state index in [1.165, 1.54) is 0 Å². The first-order chi connectivity index (χ1) is 11.8. The summed E-state index contributed by atoms with van der Waals surface area (Å²) < 4.78 is 12.2. The lowest BCUT2D eigenvalue weighted by atomic mass is 10.1. The number of likely N-dealkylation sites (N-methyl/N-ethyl adjacent to an activating group) is 2. The molecule has 0 saturated heterocycles. The number of carbonyl (C=O) groups excluding carboxylic acids is 2. The third-order valence-electron chi connectivity index (χ3n) is 5.13. The first kappa shape index (κ1) is 24.9. The van der Waals surface area contributed by atoms with Crippen molar-refractivity contribution >= 4 is 11.9 Å². The molecule has 0 aromatic carbocycles. The Morgan fingerprint density at radius 1 is 0.654 bits per heavy atom. The molecular weight excluding hydrogens is 332 g/mol. The number of nitrogens with zero attached hydrogens (tertiary/aromatic N) is 2. The van der Waals surface area contributed by atoms with Gasteiger partial charge in [-0.05, 0) is 26.7 Å². The largest absolute Gasteiger partial charge is 0.459 e. The van der Waals surface area contributed by atoms with Crippen molar-refractivity contribution in [2.75, 3.05) is 55.5 Å². The molecule has 0 rings (SSSR count). The van der Waals surface area contributed by atoms with Crippen molar-refractivity contribution in [3.05, 3.63) is 0 Å². The van der Waals surface area contributed by atoms with Crippen LogP contribution in [0.25, 0.3) is 0 Å². The van der Waals surface area contributed by atoms with Crippen LogP contribution in [0.5, 0.6) is 0 Å². The van der Waals surface area contributed by atoms with Gasteiger partial charge in [-0.1, -0.05) is 12.8 Å². The van der Waals surface area contributed by atoms with Crippen molar-refractivity contribution in [3.63, 3.8) is 0 Å². The molecule has 0 aliphatic carbocycles. The summed E-state index contributed by atoms with van der Waals surface area (Å²) in [4.78, 5) is 23.5. The van der Waals surface area contributed by atoms with E-state index in [2.05, 4.69) is 56.1 Å². The molecule has 0 bridgehead atoms. The minimum atomic E-state index is -0.126. The lowest BCUT2D eigenvalue weighted by Crippen LogP contribution is -2.46. The molecule has 6 heteroatoms. The highest BCUT2D eigenvalue weighted by molar-refractivity contribution is 5.69. The van der Waals surface area contributed by atoms with Gasteiger partial charge in [0.05, 0.1) is 42.3 Å². The van der Waals surface area contributed by atoms with Crippen LogP contribution in [-0.2, 0) is 19.1 Å². The molecule has 0 fully saturated rings. The average Bonchev–Trinajstić information content (AvgIpc) is 2.51. The summed E-state index contributed by atoms with van der Waals surface area (Å²) in [6.45, 7) is 5.07. The number of ether oxygens (including phenoxy) is 2. The molecule has 0 heterocycles. The number of hydrogen-bond acceptors (Lipinski definition) is 4. The van der Waals surface area contributed by atoms with Crippen LogP contribution in [0.3, 0.4) is 0 Å². The van der Waals surface area contributed by atoms with Gasteiger partial charge >= 0.3 is 11.9 Å². The number of esters is 2. The highest BCUT2D eigenvalue weighted by Crippen LogP contribution is 2.09. The van der Waals surface area contributed by atoms with Gasteiger partial charge in [0, 0.05) is 12.8 Å². The van der Waals surface area contributed by atoms with Crippen molar-refractivity contribution < 1.29 is 28.0 Å². The number of rotatable bonds is 13. The highest BCUT2D eigenvalue weighted by Gasteiger charge is 2.20. The van der Waals surface area contributed by atoms with Crippen LogP contribution in [0, 0.1) is 0 Å². The van der Waals surface area contributed by atoms with E-state index in [1.54, 1.807) is 0 Å². The van der Waals surface area contributed by atoms with Crippen LogP contribution in [0.1, 0.15) is 52.4 Å². The SMILES string of the molecule is CC(COC(=O)CCCCCCC(=O)OCC(C)[N+](C)(C)C)[N+](C)(C)C. The fraction of sp³-hybridized carbons (Fsp3) is 0.900. The Morgan fingerprint density at radius 2 is 0.962 bits per heavy atom. The van der Waals surface area contributed by atoms with Gasteiger partial charge in [0.1, 0.15) is 25.3 Å². The van der Waals surface area contributed by atoms with Crippen molar-refractivity contribution in [1.82, 2.24) is 0 Å². The van der Waals surface area contributed by atoms with Crippen LogP contribution in [0.2, 0.25) is 0 Å². The molecule has 26 heavy (non-hydrogen) atoms. The van der Waals surface area contributed by atoms with Crippen LogP contribution < -0.4 is 0 Å². The Hall–Kier alpha value is -1.14. The fourth-order valence-electron chi connectivity index (χ4n) is 1.91. The molecule has 0 spiro atoms. The van der Waals surface area contributed by atoms with E-state index in [0.29, 0.717) is 26.1 Å². The summed E-state index contributed by atoms with van der Waals surface area (Å²) in [5.41, 5.74) is 0. The standard InChI is InChI=1S/C20H42N2O4/c1-17(21(3,4)5)15-25-19(23)13-11-9-10-12-14-20(24)26-16-18(2)22(6,7)8/h17-18H,9-16H2,1-8H3/q+2.